The lowest BCUT2D eigenvalue weighted by molar-refractivity contribution is 0.102. The smallest absolute Gasteiger partial charge is 0.257 e. The van der Waals surface area contributed by atoms with E-state index in [-0.39, 0.29) is 5.91 Å². The molecule has 0 unspecified atom stereocenters. The third-order valence-corrected chi connectivity index (χ3v) is 4.22. The molecule has 4 heteroatoms. The van der Waals surface area contributed by atoms with Crippen molar-refractivity contribution in [2.45, 2.75) is 13.8 Å². The zero-order valence-corrected chi connectivity index (χ0v) is 13.0. The van der Waals surface area contributed by atoms with Gasteiger partial charge in [-0.05, 0) is 43.2 Å². The number of amides is 1. The minimum Gasteiger partial charge on any atom is -0.322 e. The van der Waals surface area contributed by atoms with Gasteiger partial charge in [-0.2, -0.15) is 0 Å². The van der Waals surface area contributed by atoms with Gasteiger partial charge in [0.05, 0.1) is 10.6 Å². The Bertz CT molecular complexity index is 640. The summed E-state index contributed by atoms with van der Waals surface area (Å²) in [6.07, 6.45) is 0. The third kappa shape index (κ3) is 3.17. The lowest BCUT2D eigenvalue weighted by Crippen LogP contribution is -2.12. The van der Waals surface area contributed by atoms with Crippen molar-refractivity contribution in [2.24, 2.45) is 0 Å². The van der Waals surface area contributed by atoms with Crippen LogP contribution in [0, 0.1) is 13.8 Å². The number of hydrogen-bond acceptors (Lipinski definition) is 1. The molecule has 0 saturated heterocycles. The Morgan fingerprint density at radius 2 is 1.89 bits per heavy atom. The lowest BCUT2D eigenvalue weighted by atomic mass is 10.1. The quantitative estimate of drug-likeness (QED) is 0.823. The number of halogens is 2. The van der Waals surface area contributed by atoms with Gasteiger partial charge >= 0.3 is 0 Å². The summed E-state index contributed by atoms with van der Waals surface area (Å²) in [5.74, 6) is -0.204. The first-order valence-electron chi connectivity index (χ1n) is 5.81. The van der Waals surface area contributed by atoms with Crippen LogP contribution in [0.2, 0.25) is 5.02 Å². The molecule has 0 saturated carbocycles. The van der Waals surface area contributed by atoms with Gasteiger partial charge in [-0.3, -0.25) is 4.79 Å². The molecular weight excluding hydrogens is 326 g/mol. The highest BCUT2D eigenvalue weighted by atomic mass is 79.9. The van der Waals surface area contributed by atoms with Crippen LogP contribution >= 0.6 is 27.5 Å². The number of aryl methyl sites for hydroxylation is 2. The second kappa shape index (κ2) is 5.76. The maximum absolute atomic E-state index is 12.2. The fourth-order valence-electron chi connectivity index (χ4n) is 1.69. The molecule has 0 aromatic heterocycles. The Morgan fingerprint density at radius 3 is 2.58 bits per heavy atom. The first-order chi connectivity index (χ1) is 8.99. The Balaban J connectivity index is 2.26. The van der Waals surface area contributed by atoms with Gasteiger partial charge in [0.25, 0.3) is 5.91 Å². The van der Waals surface area contributed by atoms with E-state index in [0.29, 0.717) is 10.6 Å². The van der Waals surface area contributed by atoms with E-state index in [1.54, 1.807) is 6.07 Å². The molecule has 0 fully saturated rings. The number of carbonyl (C=O) groups excluding carboxylic acids is 1. The summed E-state index contributed by atoms with van der Waals surface area (Å²) < 4.78 is 0.959. The van der Waals surface area contributed by atoms with E-state index in [2.05, 4.69) is 21.2 Å². The van der Waals surface area contributed by atoms with Crippen molar-refractivity contribution in [1.82, 2.24) is 0 Å². The molecule has 98 valence electrons. The largest absolute Gasteiger partial charge is 0.322 e. The van der Waals surface area contributed by atoms with E-state index < -0.39 is 0 Å². The van der Waals surface area contributed by atoms with Crippen LogP contribution in [0.1, 0.15) is 21.5 Å². The average Bonchev–Trinajstić information content (AvgIpc) is 2.37. The van der Waals surface area contributed by atoms with Gasteiger partial charge in [0.2, 0.25) is 0 Å². The number of rotatable bonds is 2. The molecule has 19 heavy (non-hydrogen) atoms. The van der Waals surface area contributed by atoms with Gasteiger partial charge in [-0.15, -0.1) is 0 Å². The summed E-state index contributed by atoms with van der Waals surface area (Å²) in [6.45, 7) is 3.87. The summed E-state index contributed by atoms with van der Waals surface area (Å²) in [6, 6.07) is 11.1. The molecule has 0 radical (unpaired) electrons. The molecule has 0 bridgehead atoms. The second-order valence-corrected chi connectivity index (χ2v) is 5.59. The molecule has 1 amide bonds. The molecule has 0 aliphatic heterocycles. The normalized spacial score (nSPS) is 10.3. The first kappa shape index (κ1) is 14.1. The van der Waals surface area contributed by atoms with E-state index in [1.165, 1.54) is 0 Å². The standard InChI is InChI=1S/C15H13BrClNO/c1-9-6-7-11(8-13(9)16)18-15(19)12-5-3-4-10(2)14(12)17/h3-8H,1-2H3,(H,18,19). The van der Waals surface area contributed by atoms with Crippen LogP contribution in [0.25, 0.3) is 0 Å². The fourth-order valence-corrected chi connectivity index (χ4v) is 2.28. The number of benzene rings is 2. The lowest BCUT2D eigenvalue weighted by Gasteiger charge is -2.09. The average molecular weight is 339 g/mol. The summed E-state index contributed by atoms with van der Waals surface area (Å²) in [5.41, 5.74) is 3.23. The van der Waals surface area contributed by atoms with Crippen LogP contribution in [-0.2, 0) is 0 Å². The van der Waals surface area contributed by atoms with E-state index in [0.717, 1.165) is 21.3 Å². The Hall–Kier alpha value is -1.32. The van der Waals surface area contributed by atoms with Crippen LogP contribution < -0.4 is 5.32 Å². The maximum atomic E-state index is 12.2. The topological polar surface area (TPSA) is 29.1 Å². The van der Waals surface area contributed by atoms with Crippen molar-refractivity contribution < 1.29 is 4.79 Å². The van der Waals surface area contributed by atoms with Crippen LogP contribution in [-0.4, -0.2) is 5.91 Å². The van der Waals surface area contributed by atoms with Crippen molar-refractivity contribution in [2.75, 3.05) is 5.32 Å². The Labute approximate surface area is 125 Å². The molecule has 2 rings (SSSR count). The van der Waals surface area contributed by atoms with Crippen LogP contribution in [0.4, 0.5) is 5.69 Å². The Kier molecular flexibility index (Phi) is 4.27. The maximum Gasteiger partial charge on any atom is 0.257 e. The number of nitrogens with one attached hydrogen (secondary N) is 1. The summed E-state index contributed by atoms with van der Waals surface area (Å²) in [7, 11) is 0. The molecule has 0 aliphatic carbocycles. The van der Waals surface area contributed by atoms with Gasteiger partial charge in [0, 0.05) is 10.2 Å². The molecule has 2 aromatic carbocycles. The molecule has 0 aliphatic rings. The summed E-state index contributed by atoms with van der Waals surface area (Å²) >= 11 is 9.58. The predicted molar refractivity (Wildman–Crippen MR) is 83.0 cm³/mol. The van der Waals surface area contributed by atoms with E-state index in [4.69, 9.17) is 11.6 Å². The van der Waals surface area contributed by atoms with Crippen molar-refractivity contribution in [3.05, 3.63) is 62.6 Å². The van der Waals surface area contributed by atoms with Gasteiger partial charge < -0.3 is 5.32 Å². The highest BCUT2D eigenvalue weighted by molar-refractivity contribution is 9.10. The molecule has 2 aromatic rings. The first-order valence-corrected chi connectivity index (χ1v) is 6.99. The molecule has 2 nitrogen and oxygen atoms in total. The molecule has 0 atom stereocenters. The van der Waals surface area contributed by atoms with Crippen molar-refractivity contribution in [1.29, 1.82) is 0 Å². The zero-order chi connectivity index (χ0) is 14.0. The van der Waals surface area contributed by atoms with E-state index >= 15 is 0 Å². The number of hydrogen-bond donors (Lipinski definition) is 1. The van der Waals surface area contributed by atoms with E-state index in [9.17, 15) is 4.79 Å². The highest BCUT2D eigenvalue weighted by Gasteiger charge is 2.12. The fraction of sp³-hybridized carbons (Fsp3) is 0.133. The molecule has 0 heterocycles. The van der Waals surface area contributed by atoms with Crippen molar-refractivity contribution in [3.8, 4) is 0 Å². The minimum absolute atomic E-state index is 0.204. The van der Waals surface area contributed by atoms with Gasteiger partial charge in [0.15, 0.2) is 0 Å². The second-order valence-electron chi connectivity index (χ2n) is 4.35. The molecule has 0 spiro atoms. The Morgan fingerprint density at radius 1 is 1.16 bits per heavy atom. The minimum atomic E-state index is -0.204. The van der Waals surface area contributed by atoms with Crippen molar-refractivity contribution >= 4 is 39.1 Å². The number of anilines is 1. The van der Waals surface area contributed by atoms with Gasteiger partial charge in [-0.25, -0.2) is 0 Å². The third-order valence-electron chi connectivity index (χ3n) is 2.87. The summed E-state index contributed by atoms with van der Waals surface area (Å²) in [5, 5.41) is 3.33. The zero-order valence-electron chi connectivity index (χ0n) is 10.6. The molecular formula is C15H13BrClNO. The van der Waals surface area contributed by atoms with Crippen LogP contribution in [0.5, 0.6) is 0 Å². The molecule has 1 N–H and O–H groups in total. The van der Waals surface area contributed by atoms with Gasteiger partial charge in [0.1, 0.15) is 0 Å². The van der Waals surface area contributed by atoms with Crippen LogP contribution in [0.3, 0.4) is 0 Å². The predicted octanol–water partition coefficient (Wildman–Crippen LogP) is 4.97. The van der Waals surface area contributed by atoms with Gasteiger partial charge in [-0.1, -0.05) is 45.7 Å². The summed E-state index contributed by atoms with van der Waals surface area (Å²) in [4.78, 5) is 12.2. The monoisotopic (exact) mass is 337 g/mol. The van der Waals surface area contributed by atoms with E-state index in [1.807, 2.05) is 44.2 Å². The highest BCUT2D eigenvalue weighted by Crippen LogP contribution is 2.24. The SMILES string of the molecule is Cc1ccc(NC(=O)c2cccc(C)c2Cl)cc1Br. The van der Waals surface area contributed by atoms with Crippen LogP contribution in [0.15, 0.2) is 40.9 Å². The van der Waals surface area contributed by atoms with Crippen molar-refractivity contribution in [3.63, 3.8) is 0 Å². The number of carbonyl (C=O) groups is 1.